The van der Waals surface area contributed by atoms with E-state index in [1.54, 1.807) is 4.90 Å². The predicted octanol–water partition coefficient (Wildman–Crippen LogP) is 4.09. The number of hydrogen-bond donors (Lipinski definition) is 0. The van der Waals surface area contributed by atoms with Gasteiger partial charge in [0.25, 0.3) is 5.91 Å². The SMILES string of the molecule is C=C(C)CN(CC)C(=O)c1cc(Br)ccc1I. The zero-order valence-electron chi connectivity index (χ0n) is 9.96. The van der Waals surface area contributed by atoms with Crippen molar-refractivity contribution in [2.75, 3.05) is 13.1 Å². The average molecular weight is 408 g/mol. The highest BCUT2D eigenvalue weighted by molar-refractivity contribution is 14.1. The molecule has 0 fully saturated rings. The zero-order chi connectivity index (χ0) is 13.0. The minimum atomic E-state index is 0.0567. The maximum atomic E-state index is 12.3. The van der Waals surface area contributed by atoms with Crippen molar-refractivity contribution in [2.45, 2.75) is 13.8 Å². The molecule has 92 valence electrons. The molecule has 0 aliphatic heterocycles. The van der Waals surface area contributed by atoms with Crippen LogP contribution in [0, 0.1) is 3.57 Å². The van der Waals surface area contributed by atoms with E-state index in [9.17, 15) is 4.79 Å². The lowest BCUT2D eigenvalue weighted by Gasteiger charge is -2.21. The van der Waals surface area contributed by atoms with E-state index < -0.39 is 0 Å². The van der Waals surface area contributed by atoms with Gasteiger partial charge in [-0.2, -0.15) is 0 Å². The summed E-state index contributed by atoms with van der Waals surface area (Å²) < 4.78 is 1.89. The molecule has 0 unspecified atom stereocenters. The molecule has 0 N–H and O–H groups in total. The van der Waals surface area contributed by atoms with Gasteiger partial charge in [0.1, 0.15) is 0 Å². The largest absolute Gasteiger partial charge is 0.335 e. The number of carbonyl (C=O) groups is 1. The second-order valence-electron chi connectivity index (χ2n) is 3.90. The Kier molecular flexibility index (Phi) is 5.66. The number of carbonyl (C=O) groups excluding carboxylic acids is 1. The smallest absolute Gasteiger partial charge is 0.255 e. The van der Waals surface area contributed by atoms with Crippen molar-refractivity contribution in [3.63, 3.8) is 0 Å². The van der Waals surface area contributed by atoms with Crippen LogP contribution < -0.4 is 0 Å². The fourth-order valence-electron chi connectivity index (χ4n) is 1.48. The van der Waals surface area contributed by atoms with E-state index in [2.05, 4.69) is 45.1 Å². The lowest BCUT2D eigenvalue weighted by molar-refractivity contribution is 0.0777. The van der Waals surface area contributed by atoms with Crippen LogP contribution >= 0.6 is 38.5 Å². The van der Waals surface area contributed by atoms with Crippen molar-refractivity contribution in [1.29, 1.82) is 0 Å². The van der Waals surface area contributed by atoms with E-state index in [1.807, 2.05) is 32.0 Å². The van der Waals surface area contributed by atoms with Gasteiger partial charge in [-0.1, -0.05) is 28.1 Å². The molecule has 2 nitrogen and oxygen atoms in total. The zero-order valence-corrected chi connectivity index (χ0v) is 13.7. The van der Waals surface area contributed by atoms with Crippen molar-refractivity contribution in [1.82, 2.24) is 4.90 Å². The summed E-state index contributed by atoms with van der Waals surface area (Å²) in [6, 6.07) is 5.74. The second-order valence-corrected chi connectivity index (χ2v) is 5.98. The van der Waals surface area contributed by atoms with E-state index in [0.717, 1.165) is 19.2 Å². The van der Waals surface area contributed by atoms with Crippen LogP contribution in [-0.4, -0.2) is 23.9 Å². The van der Waals surface area contributed by atoms with Crippen molar-refractivity contribution < 1.29 is 4.79 Å². The number of benzene rings is 1. The third-order valence-corrected chi connectivity index (χ3v) is 3.72. The molecule has 1 aromatic rings. The van der Waals surface area contributed by atoms with Crippen LogP contribution in [-0.2, 0) is 0 Å². The third kappa shape index (κ3) is 4.10. The highest BCUT2D eigenvalue weighted by atomic mass is 127. The normalized spacial score (nSPS) is 10.1. The van der Waals surface area contributed by atoms with Crippen LogP contribution in [0.1, 0.15) is 24.2 Å². The van der Waals surface area contributed by atoms with Crippen molar-refractivity contribution in [2.24, 2.45) is 0 Å². The summed E-state index contributed by atoms with van der Waals surface area (Å²) in [5.74, 6) is 0.0567. The Morgan fingerprint density at radius 2 is 2.18 bits per heavy atom. The number of rotatable bonds is 4. The maximum absolute atomic E-state index is 12.3. The van der Waals surface area contributed by atoms with Gasteiger partial charge < -0.3 is 4.90 Å². The Morgan fingerprint density at radius 1 is 1.53 bits per heavy atom. The second kappa shape index (κ2) is 6.54. The van der Waals surface area contributed by atoms with E-state index in [1.165, 1.54) is 0 Å². The van der Waals surface area contributed by atoms with Crippen molar-refractivity contribution in [3.8, 4) is 0 Å². The molecular formula is C13H15BrINO. The van der Waals surface area contributed by atoms with Crippen LogP contribution in [0.15, 0.2) is 34.8 Å². The molecule has 17 heavy (non-hydrogen) atoms. The summed E-state index contributed by atoms with van der Waals surface area (Å²) in [6.07, 6.45) is 0. The minimum Gasteiger partial charge on any atom is -0.335 e. The molecular weight excluding hydrogens is 393 g/mol. The average Bonchev–Trinajstić information content (AvgIpc) is 2.28. The van der Waals surface area contributed by atoms with Gasteiger partial charge in [-0.05, 0) is 54.6 Å². The predicted molar refractivity (Wildman–Crippen MR) is 83.3 cm³/mol. The topological polar surface area (TPSA) is 20.3 Å². The van der Waals surface area contributed by atoms with Crippen molar-refractivity contribution >= 4 is 44.4 Å². The fourth-order valence-corrected chi connectivity index (χ4v) is 2.41. The molecule has 0 aromatic heterocycles. The summed E-state index contributed by atoms with van der Waals surface area (Å²) in [6.45, 7) is 9.06. The van der Waals surface area contributed by atoms with Gasteiger partial charge in [0.2, 0.25) is 0 Å². The van der Waals surface area contributed by atoms with E-state index >= 15 is 0 Å². The van der Waals surface area contributed by atoms with Crippen LogP contribution in [0.3, 0.4) is 0 Å². The Labute approximate surface area is 124 Å². The first-order valence-corrected chi connectivity index (χ1v) is 7.21. The molecule has 0 heterocycles. The molecule has 4 heteroatoms. The summed E-state index contributed by atoms with van der Waals surface area (Å²) in [5.41, 5.74) is 1.73. The number of likely N-dealkylation sites (N-methyl/N-ethyl adjacent to an activating group) is 1. The van der Waals surface area contributed by atoms with Crippen LogP contribution in [0.2, 0.25) is 0 Å². The number of hydrogen-bond acceptors (Lipinski definition) is 1. The molecule has 1 aromatic carbocycles. The Bertz CT molecular complexity index is 445. The summed E-state index contributed by atoms with van der Waals surface area (Å²) >= 11 is 5.58. The molecule has 1 amide bonds. The Hall–Kier alpha value is -0.360. The first-order chi connectivity index (χ1) is 7.95. The van der Waals surface area contributed by atoms with Gasteiger partial charge in [-0.15, -0.1) is 0 Å². The molecule has 0 aliphatic rings. The van der Waals surface area contributed by atoms with E-state index in [4.69, 9.17) is 0 Å². The number of nitrogens with zero attached hydrogens (tertiary/aromatic N) is 1. The van der Waals surface area contributed by atoms with E-state index in [-0.39, 0.29) is 5.91 Å². The van der Waals surface area contributed by atoms with Crippen molar-refractivity contribution in [3.05, 3.63) is 44.0 Å². The number of halogens is 2. The molecule has 0 spiro atoms. The van der Waals surface area contributed by atoms with E-state index in [0.29, 0.717) is 13.1 Å². The fraction of sp³-hybridized carbons (Fsp3) is 0.308. The van der Waals surface area contributed by atoms with Gasteiger partial charge in [-0.25, -0.2) is 0 Å². The standard InChI is InChI=1S/C13H15BrINO/c1-4-16(8-9(2)3)13(17)11-7-10(14)5-6-12(11)15/h5-7H,2,4,8H2,1,3H3. The summed E-state index contributed by atoms with van der Waals surface area (Å²) in [5, 5.41) is 0. The number of amides is 1. The summed E-state index contributed by atoms with van der Waals surface area (Å²) in [7, 11) is 0. The van der Waals surface area contributed by atoms with Gasteiger partial charge in [0.05, 0.1) is 5.56 Å². The first-order valence-electron chi connectivity index (χ1n) is 5.34. The van der Waals surface area contributed by atoms with Crippen LogP contribution in [0.4, 0.5) is 0 Å². The molecule has 0 saturated heterocycles. The van der Waals surface area contributed by atoms with Gasteiger partial charge in [0.15, 0.2) is 0 Å². The highest BCUT2D eigenvalue weighted by Gasteiger charge is 2.16. The third-order valence-electron chi connectivity index (χ3n) is 2.29. The Morgan fingerprint density at radius 3 is 2.71 bits per heavy atom. The molecule has 0 aliphatic carbocycles. The van der Waals surface area contributed by atoms with Gasteiger partial charge in [0, 0.05) is 21.1 Å². The molecule has 0 saturated carbocycles. The van der Waals surface area contributed by atoms with Gasteiger partial charge in [-0.3, -0.25) is 4.79 Å². The van der Waals surface area contributed by atoms with Crippen LogP contribution in [0.25, 0.3) is 0 Å². The quantitative estimate of drug-likeness (QED) is 0.543. The lowest BCUT2D eigenvalue weighted by atomic mass is 10.2. The lowest BCUT2D eigenvalue weighted by Crippen LogP contribution is -2.32. The molecule has 1 rings (SSSR count). The Balaban J connectivity index is 3.01. The molecule has 0 radical (unpaired) electrons. The minimum absolute atomic E-state index is 0.0567. The maximum Gasteiger partial charge on any atom is 0.255 e. The molecule has 0 atom stereocenters. The monoisotopic (exact) mass is 407 g/mol. The van der Waals surface area contributed by atoms with Crippen LogP contribution in [0.5, 0.6) is 0 Å². The first kappa shape index (κ1) is 14.7. The highest BCUT2D eigenvalue weighted by Crippen LogP contribution is 2.20. The summed E-state index contributed by atoms with van der Waals surface area (Å²) in [4.78, 5) is 14.1. The molecule has 0 bridgehead atoms. The van der Waals surface area contributed by atoms with Gasteiger partial charge >= 0.3 is 0 Å².